The molecule has 21 heavy (non-hydrogen) atoms. The average Bonchev–Trinajstić information content (AvgIpc) is 2.50. The predicted molar refractivity (Wildman–Crippen MR) is 74.9 cm³/mol. The quantitative estimate of drug-likeness (QED) is 0.860. The second-order valence-corrected chi connectivity index (χ2v) is 5.38. The lowest BCUT2D eigenvalue weighted by molar-refractivity contribution is -0.156. The Morgan fingerprint density at radius 1 is 1.29 bits per heavy atom. The first-order valence-corrected chi connectivity index (χ1v) is 6.91. The second-order valence-electron chi connectivity index (χ2n) is 5.38. The number of carbonyl (C=O) groups is 1. The van der Waals surface area contributed by atoms with Crippen LogP contribution >= 0.6 is 0 Å². The fourth-order valence-corrected chi connectivity index (χ4v) is 2.74. The van der Waals surface area contributed by atoms with Crippen molar-refractivity contribution in [2.45, 2.75) is 19.4 Å². The van der Waals surface area contributed by atoms with E-state index in [4.69, 9.17) is 4.74 Å². The SMILES string of the molecule is COC(=O)C(C)(c1cc(F)c(C)cc1F)N1CCNCC1. The zero-order valence-electron chi connectivity index (χ0n) is 12.5. The molecule has 1 saturated heterocycles. The lowest BCUT2D eigenvalue weighted by atomic mass is 9.88. The van der Waals surface area contributed by atoms with Gasteiger partial charge in [-0.1, -0.05) is 0 Å². The van der Waals surface area contributed by atoms with Crippen LogP contribution in [0.3, 0.4) is 0 Å². The van der Waals surface area contributed by atoms with E-state index in [0.717, 1.165) is 12.1 Å². The van der Waals surface area contributed by atoms with Gasteiger partial charge in [0.25, 0.3) is 0 Å². The Morgan fingerprint density at radius 3 is 2.48 bits per heavy atom. The number of hydrogen-bond donors (Lipinski definition) is 1. The third-order valence-corrected chi connectivity index (χ3v) is 4.11. The van der Waals surface area contributed by atoms with E-state index < -0.39 is 23.1 Å². The zero-order chi connectivity index (χ0) is 15.6. The van der Waals surface area contributed by atoms with Crippen molar-refractivity contribution >= 4 is 5.97 Å². The predicted octanol–water partition coefficient (Wildman–Crippen LogP) is 1.57. The van der Waals surface area contributed by atoms with E-state index in [9.17, 15) is 13.6 Å². The summed E-state index contributed by atoms with van der Waals surface area (Å²) in [5, 5.41) is 3.17. The smallest absolute Gasteiger partial charge is 0.330 e. The van der Waals surface area contributed by atoms with E-state index in [1.54, 1.807) is 6.92 Å². The average molecular weight is 298 g/mol. The van der Waals surface area contributed by atoms with Crippen LogP contribution in [0.15, 0.2) is 12.1 Å². The summed E-state index contributed by atoms with van der Waals surface area (Å²) in [6.45, 7) is 5.55. The summed E-state index contributed by atoms with van der Waals surface area (Å²) in [6.07, 6.45) is 0. The number of methoxy groups -OCH3 is 1. The molecule has 0 amide bonds. The third-order valence-electron chi connectivity index (χ3n) is 4.11. The number of ether oxygens (including phenoxy) is 1. The van der Waals surface area contributed by atoms with Crippen molar-refractivity contribution in [3.8, 4) is 0 Å². The van der Waals surface area contributed by atoms with Crippen molar-refractivity contribution in [3.05, 3.63) is 34.9 Å². The number of carbonyl (C=O) groups excluding carboxylic acids is 1. The fraction of sp³-hybridized carbons (Fsp3) is 0.533. The molecular weight excluding hydrogens is 278 g/mol. The first-order valence-electron chi connectivity index (χ1n) is 6.91. The maximum Gasteiger partial charge on any atom is 0.330 e. The van der Waals surface area contributed by atoms with E-state index >= 15 is 0 Å². The largest absolute Gasteiger partial charge is 0.467 e. The normalized spacial score (nSPS) is 19.1. The van der Waals surface area contributed by atoms with Crippen LogP contribution in [0.2, 0.25) is 0 Å². The van der Waals surface area contributed by atoms with Crippen molar-refractivity contribution in [2.75, 3.05) is 33.3 Å². The van der Waals surface area contributed by atoms with Gasteiger partial charge in [0, 0.05) is 31.7 Å². The molecule has 0 aliphatic carbocycles. The number of esters is 1. The summed E-state index contributed by atoms with van der Waals surface area (Å²) in [5.74, 6) is -1.72. The number of aryl methyl sites for hydroxylation is 1. The van der Waals surface area contributed by atoms with Gasteiger partial charge in [-0.2, -0.15) is 0 Å². The Balaban J connectivity index is 2.54. The van der Waals surface area contributed by atoms with Gasteiger partial charge in [0.15, 0.2) is 0 Å². The van der Waals surface area contributed by atoms with Gasteiger partial charge in [0.1, 0.15) is 17.2 Å². The van der Waals surface area contributed by atoms with Crippen molar-refractivity contribution in [2.24, 2.45) is 0 Å². The number of rotatable bonds is 3. The maximum absolute atomic E-state index is 14.4. The molecule has 1 atom stereocenters. The Morgan fingerprint density at radius 2 is 1.90 bits per heavy atom. The Bertz CT molecular complexity index is 545. The molecule has 1 heterocycles. The van der Waals surface area contributed by atoms with E-state index in [0.29, 0.717) is 26.2 Å². The van der Waals surface area contributed by atoms with E-state index in [1.807, 2.05) is 4.90 Å². The summed E-state index contributed by atoms with van der Waals surface area (Å²) < 4.78 is 33.1. The number of nitrogens with zero attached hydrogens (tertiary/aromatic N) is 1. The first-order chi connectivity index (χ1) is 9.91. The standard InChI is InChI=1S/C15H20F2N2O2/c1-10-8-13(17)11(9-12(10)16)15(2,14(20)21-3)19-6-4-18-5-7-19/h8-9,18H,4-7H2,1-3H3. The van der Waals surface area contributed by atoms with Crippen molar-refractivity contribution < 1.29 is 18.3 Å². The fourth-order valence-electron chi connectivity index (χ4n) is 2.74. The lowest BCUT2D eigenvalue weighted by Gasteiger charge is -2.41. The highest BCUT2D eigenvalue weighted by Crippen LogP contribution is 2.33. The van der Waals surface area contributed by atoms with Crippen molar-refractivity contribution in [3.63, 3.8) is 0 Å². The van der Waals surface area contributed by atoms with Crippen molar-refractivity contribution in [1.29, 1.82) is 0 Å². The number of nitrogens with one attached hydrogen (secondary N) is 1. The summed E-state index contributed by atoms with van der Waals surface area (Å²) in [7, 11) is 1.26. The van der Waals surface area contributed by atoms with Crippen LogP contribution in [0.4, 0.5) is 8.78 Å². The van der Waals surface area contributed by atoms with Crippen LogP contribution in [0.5, 0.6) is 0 Å². The molecular formula is C15H20F2N2O2. The molecule has 4 nitrogen and oxygen atoms in total. The molecule has 0 saturated carbocycles. The summed E-state index contributed by atoms with van der Waals surface area (Å²) in [4.78, 5) is 14.1. The molecule has 1 aliphatic heterocycles. The monoisotopic (exact) mass is 298 g/mol. The molecule has 1 aliphatic rings. The van der Waals surface area contributed by atoms with Gasteiger partial charge in [-0.25, -0.2) is 13.6 Å². The highest BCUT2D eigenvalue weighted by atomic mass is 19.1. The van der Waals surface area contributed by atoms with Crippen LogP contribution in [-0.2, 0) is 15.1 Å². The molecule has 2 rings (SSSR count). The van der Waals surface area contributed by atoms with Crippen LogP contribution in [0, 0.1) is 18.6 Å². The maximum atomic E-state index is 14.4. The van der Waals surface area contributed by atoms with Crippen LogP contribution < -0.4 is 5.32 Å². The van der Waals surface area contributed by atoms with E-state index in [2.05, 4.69) is 5.32 Å². The molecule has 1 aromatic rings. The zero-order valence-corrected chi connectivity index (χ0v) is 12.5. The summed E-state index contributed by atoms with van der Waals surface area (Å²) >= 11 is 0. The summed E-state index contributed by atoms with van der Waals surface area (Å²) in [6, 6.07) is 2.22. The number of hydrogen-bond acceptors (Lipinski definition) is 4. The summed E-state index contributed by atoms with van der Waals surface area (Å²) in [5.41, 5.74) is -1.11. The Hall–Kier alpha value is -1.53. The van der Waals surface area contributed by atoms with Crippen molar-refractivity contribution in [1.82, 2.24) is 10.2 Å². The van der Waals surface area contributed by atoms with Gasteiger partial charge in [-0.15, -0.1) is 0 Å². The molecule has 0 spiro atoms. The highest BCUT2D eigenvalue weighted by molar-refractivity contribution is 5.82. The molecule has 1 fully saturated rings. The highest BCUT2D eigenvalue weighted by Gasteiger charge is 2.44. The van der Waals surface area contributed by atoms with Crippen LogP contribution in [0.25, 0.3) is 0 Å². The van der Waals surface area contributed by atoms with Crippen LogP contribution in [-0.4, -0.2) is 44.2 Å². The minimum Gasteiger partial charge on any atom is -0.467 e. The molecule has 116 valence electrons. The molecule has 6 heteroatoms. The van der Waals surface area contributed by atoms with Gasteiger partial charge < -0.3 is 10.1 Å². The molecule has 1 aromatic carbocycles. The van der Waals surface area contributed by atoms with Gasteiger partial charge in [0.2, 0.25) is 0 Å². The Labute approximate surface area is 123 Å². The second kappa shape index (κ2) is 6.07. The third kappa shape index (κ3) is 2.78. The van der Waals surface area contributed by atoms with E-state index in [-0.39, 0.29) is 11.1 Å². The molecule has 1 unspecified atom stereocenters. The Kier molecular flexibility index (Phi) is 4.58. The molecule has 0 bridgehead atoms. The van der Waals surface area contributed by atoms with Gasteiger partial charge in [-0.05, 0) is 31.5 Å². The van der Waals surface area contributed by atoms with Crippen LogP contribution in [0.1, 0.15) is 18.1 Å². The minimum atomic E-state index is -1.34. The molecule has 0 aromatic heterocycles. The number of benzene rings is 1. The van der Waals surface area contributed by atoms with Gasteiger partial charge >= 0.3 is 5.97 Å². The number of halogens is 2. The number of piperazine rings is 1. The van der Waals surface area contributed by atoms with E-state index in [1.165, 1.54) is 14.0 Å². The topological polar surface area (TPSA) is 41.6 Å². The lowest BCUT2D eigenvalue weighted by Crippen LogP contribution is -2.57. The molecule has 1 N–H and O–H groups in total. The minimum absolute atomic E-state index is 0.0133. The van der Waals surface area contributed by atoms with Gasteiger partial charge in [0.05, 0.1) is 7.11 Å². The molecule has 0 radical (unpaired) electrons. The first kappa shape index (κ1) is 15.9. The van der Waals surface area contributed by atoms with Gasteiger partial charge in [-0.3, -0.25) is 4.90 Å².